The Balaban J connectivity index is 1.36. The standard InChI is InChI=1S/C35H43NO6/c1-5-26-12-14-28(15-13-26)25-41-32-23-36(34(38)42-35(2,3)4)22-31(37)33(32)29-16-18-30(19-17-29)40-21-9-20-39-24-27-10-7-6-8-11-27/h5-8,10-19,31-33,37H,1,9,20-25H2,2-4H3. The molecular formula is C35H43NO6. The molecule has 1 heterocycles. The Morgan fingerprint density at radius 3 is 2.29 bits per heavy atom. The lowest BCUT2D eigenvalue weighted by Gasteiger charge is -2.42. The number of aliphatic hydroxyl groups is 1. The van der Waals surface area contributed by atoms with Crippen molar-refractivity contribution in [3.63, 3.8) is 0 Å². The van der Waals surface area contributed by atoms with Crippen molar-refractivity contribution >= 4 is 12.2 Å². The van der Waals surface area contributed by atoms with Crippen LogP contribution in [0.15, 0.2) is 85.4 Å². The van der Waals surface area contributed by atoms with E-state index in [9.17, 15) is 9.90 Å². The Labute approximate surface area is 249 Å². The molecule has 1 amide bonds. The fourth-order valence-corrected chi connectivity index (χ4v) is 4.92. The van der Waals surface area contributed by atoms with Crippen LogP contribution in [0.5, 0.6) is 5.75 Å². The summed E-state index contributed by atoms with van der Waals surface area (Å²) in [6.45, 7) is 11.9. The van der Waals surface area contributed by atoms with Gasteiger partial charge < -0.3 is 29.0 Å². The number of benzene rings is 3. The first-order valence-corrected chi connectivity index (χ1v) is 14.6. The average molecular weight is 574 g/mol. The van der Waals surface area contributed by atoms with Gasteiger partial charge >= 0.3 is 6.09 Å². The Kier molecular flexibility index (Phi) is 11.2. The molecule has 1 aliphatic rings. The predicted octanol–water partition coefficient (Wildman–Crippen LogP) is 6.60. The number of likely N-dealkylation sites (tertiary alicyclic amines) is 1. The number of aliphatic hydroxyl groups excluding tert-OH is 1. The second-order valence-corrected chi connectivity index (χ2v) is 11.6. The zero-order chi connectivity index (χ0) is 30.0. The Hall–Kier alpha value is -3.65. The number of rotatable bonds is 12. The van der Waals surface area contributed by atoms with Gasteiger partial charge in [0.2, 0.25) is 0 Å². The summed E-state index contributed by atoms with van der Waals surface area (Å²) < 4.78 is 23.6. The summed E-state index contributed by atoms with van der Waals surface area (Å²) in [5, 5.41) is 11.3. The number of hydrogen-bond acceptors (Lipinski definition) is 6. The first-order chi connectivity index (χ1) is 20.2. The minimum absolute atomic E-state index is 0.161. The van der Waals surface area contributed by atoms with Crippen molar-refractivity contribution in [2.24, 2.45) is 0 Å². The monoisotopic (exact) mass is 573 g/mol. The van der Waals surface area contributed by atoms with Crippen molar-refractivity contribution in [2.45, 2.75) is 64.1 Å². The van der Waals surface area contributed by atoms with E-state index >= 15 is 0 Å². The molecular weight excluding hydrogens is 530 g/mol. The number of ether oxygens (including phenoxy) is 4. The molecule has 1 fully saturated rings. The van der Waals surface area contributed by atoms with Gasteiger partial charge in [0.15, 0.2) is 0 Å². The van der Waals surface area contributed by atoms with Crippen LogP contribution in [0.3, 0.4) is 0 Å². The highest BCUT2D eigenvalue weighted by Crippen LogP contribution is 2.33. The molecule has 1 aliphatic heterocycles. The minimum atomic E-state index is -0.826. The third kappa shape index (κ3) is 9.44. The second kappa shape index (κ2) is 15.0. The van der Waals surface area contributed by atoms with Crippen molar-refractivity contribution in [1.82, 2.24) is 4.90 Å². The van der Waals surface area contributed by atoms with E-state index in [0.717, 1.165) is 34.4 Å². The zero-order valence-electron chi connectivity index (χ0n) is 24.9. The summed E-state index contributed by atoms with van der Waals surface area (Å²) in [5.41, 5.74) is 3.48. The topological polar surface area (TPSA) is 77.5 Å². The number of piperidine rings is 1. The Morgan fingerprint density at radius 1 is 0.929 bits per heavy atom. The normalized spacial score (nSPS) is 18.9. The van der Waals surface area contributed by atoms with Crippen LogP contribution in [-0.2, 0) is 27.4 Å². The molecule has 4 rings (SSSR count). The molecule has 0 radical (unpaired) electrons. The van der Waals surface area contributed by atoms with Crippen LogP contribution in [-0.4, -0.2) is 60.2 Å². The van der Waals surface area contributed by atoms with E-state index in [4.69, 9.17) is 18.9 Å². The highest BCUT2D eigenvalue weighted by molar-refractivity contribution is 5.68. The molecule has 3 unspecified atom stereocenters. The van der Waals surface area contributed by atoms with Crippen LogP contribution >= 0.6 is 0 Å². The molecule has 3 aromatic rings. The molecule has 1 saturated heterocycles. The first kappa shape index (κ1) is 31.3. The maximum absolute atomic E-state index is 12.9. The molecule has 3 aromatic carbocycles. The van der Waals surface area contributed by atoms with Gasteiger partial charge in [-0.3, -0.25) is 0 Å². The molecule has 0 saturated carbocycles. The molecule has 0 aliphatic carbocycles. The van der Waals surface area contributed by atoms with Gasteiger partial charge in [-0.25, -0.2) is 4.79 Å². The van der Waals surface area contributed by atoms with E-state index in [1.165, 1.54) is 4.90 Å². The summed E-state index contributed by atoms with van der Waals surface area (Å²) in [7, 11) is 0. The highest BCUT2D eigenvalue weighted by atomic mass is 16.6. The van der Waals surface area contributed by atoms with Gasteiger partial charge in [-0.1, -0.05) is 79.4 Å². The summed E-state index contributed by atoms with van der Waals surface area (Å²) in [6, 6.07) is 25.8. The van der Waals surface area contributed by atoms with Crippen LogP contribution in [0.25, 0.3) is 6.08 Å². The smallest absolute Gasteiger partial charge is 0.410 e. The largest absolute Gasteiger partial charge is 0.494 e. The number of hydrogen-bond donors (Lipinski definition) is 1. The van der Waals surface area contributed by atoms with Crippen molar-refractivity contribution in [3.05, 3.63) is 108 Å². The number of carbonyl (C=O) groups is 1. The first-order valence-electron chi connectivity index (χ1n) is 14.6. The van der Waals surface area contributed by atoms with E-state index in [1.807, 2.05) is 99.6 Å². The molecule has 3 atom stereocenters. The van der Waals surface area contributed by atoms with E-state index in [-0.39, 0.29) is 12.5 Å². The average Bonchev–Trinajstić information content (AvgIpc) is 2.98. The van der Waals surface area contributed by atoms with Gasteiger partial charge in [-0.15, -0.1) is 0 Å². The number of β-amino-alcohol motifs (C(OH)–C–C–N with tert-alkyl or cyclic N) is 1. The molecule has 0 spiro atoms. The van der Waals surface area contributed by atoms with Gasteiger partial charge in [0.1, 0.15) is 11.4 Å². The molecule has 7 nitrogen and oxygen atoms in total. The Morgan fingerprint density at radius 2 is 1.62 bits per heavy atom. The van der Waals surface area contributed by atoms with Crippen LogP contribution in [0.1, 0.15) is 55.4 Å². The van der Waals surface area contributed by atoms with E-state index < -0.39 is 23.9 Å². The summed E-state index contributed by atoms with van der Waals surface area (Å²) >= 11 is 0. The van der Waals surface area contributed by atoms with Gasteiger partial charge in [-0.2, -0.15) is 0 Å². The Bertz CT molecular complexity index is 1250. The summed E-state index contributed by atoms with van der Waals surface area (Å²) in [6.07, 6.45) is 0.853. The van der Waals surface area contributed by atoms with Crippen LogP contribution in [0.4, 0.5) is 4.79 Å². The lowest BCUT2D eigenvalue weighted by atomic mass is 9.84. The lowest BCUT2D eigenvalue weighted by molar-refractivity contribution is -0.0755. The van der Waals surface area contributed by atoms with Gasteiger partial charge in [0.05, 0.1) is 51.7 Å². The number of carbonyl (C=O) groups excluding carboxylic acids is 1. The maximum atomic E-state index is 12.9. The SMILES string of the molecule is C=Cc1ccc(COC2CN(C(=O)OC(C)(C)C)CC(O)C2c2ccc(OCCCOCc3ccccc3)cc2)cc1. The molecule has 0 bridgehead atoms. The van der Waals surface area contributed by atoms with Crippen molar-refractivity contribution in [1.29, 1.82) is 0 Å². The molecule has 1 N–H and O–H groups in total. The quantitative estimate of drug-likeness (QED) is 0.246. The van der Waals surface area contributed by atoms with Gasteiger partial charge in [0, 0.05) is 12.3 Å². The third-order valence-corrected chi connectivity index (χ3v) is 7.03. The zero-order valence-corrected chi connectivity index (χ0v) is 24.9. The van der Waals surface area contributed by atoms with Crippen LogP contribution in [0, 0.1) is 0 Å². The number of nitrogens with zero attached hydrogens (tertiary/aromatic N) is 1. The summed E-state index contributed by atoms with van der Waals surface area (Å²) in [5.74, 6) is 0.429. The fourth-order valence-electron chi connectivity index (χ4n) is 4.92. The van der Waals surface area contributed by atoms with Crippen molar-refractivity contribution in [2.75, 3.05) is 26.3 Å². The van der Waals surface area contributed by atoms with Crippen LogP contribution in [0.2, 0.25) is 0 Å². The van der Waals surface area contributed by atoms with E-state index in [0.29, 0.717) is 33.0 Å². The van der Waals surface area contributed by atoms with E-state index in [2.05, 4.69) is 6.58 Å². The van der Waals surface area contributed by atoms with Gasteiger partial charge in [-0.05, 0) is 55.2 Å². The lowest BCUT2D eigenvalue weighted by Crippen LogP contribution is -2.54. The molecule has 224 valence electrons. The fraction of sp³-hybridized carbons (Fsp3) is 0.400. The maximum Gasteiger partial charge on any atom is 0.410 e. The molecule has 0 aromatic heterocycles. The second-order valence-electron chi connectivity index (χ2n) is 11.6. The van der Waals surface area contributed by atoms with Gasteiger partial charge in [0.25, 0.3) is 0 Å². The third-order valence-electron chi connectivity index (χ3n) is 7.03. The predicted molar refractivity (Wildman–Crippen MR) is 164 cm³/mol. The van der Waals surface area contributed by atoms with E-state index in [1.54, 1.807) is 6.08 Å². The van der Waals surface area contributed by atoms with Crippen molar-refractivity contribution < 1.29 is 28.8 Å². The minimum Gasteiger partial charge on any atom is -0.494 e. The molecule has 7 heteroatoms. The summed E-state index contributed by atoms with van der Waals surface area (Å²) in [4.78, 5) is 14.4. The van der Waals surface area contributed by atoms with Crippen molar-refractivity contribution in [3.8, 4) is 5.75 Å². The van der Waals surface area contributed by atoms with Crippen LogP contribution < -0.4 is 4.74 Å². The molecule has 42 heavy (non-hydrogen) atoms. The number of amides is 1. The highest BCUT2D eigenvalue weighted by Gasteiger charge is 2.40.